The van der Waals surface area contributed by atoms with Gasteiger partial charge in [0.15, 0.2) is 24.6 Å². The van der Waals surface area contributed by atoms with E-state index in [4.69, 9.17) is 28.4 Å². The smallest absolute Gasteiger partial charge is 0.412 e. The van der Waals surface area contributed by atoms with E-state index < -0.39 is 73.1 Å². The van der Waals surface area contributed by atoms with Crippen LogP contribution in [0.5, 0.6) is 0 Å². The van der Waals surface area contributed by atoms with Crippen LogP contribution in [0.4, 0.5) is 10.5 Å². The van der Waals surface area contributed by atoms with Crippen LogP contribution in [0.3, 0.4) is 0 Å². The van der Waals surface area contributed by atoms with Gasteiger partial charge in [-0.05, 0) is 89.5 Å². The zero-order valence-corrected chi connectivity index (χ0v) is 32.9. The lowest BCUT2D eigenvalue weighted by Crippen LogP contribution is -2.63. The Labute approximate surface area is 342 Å². The van der Waals surface area contributed by atoms with Crippen LogP contribution in [-0.4, -0.2) is 80.1 Å². The lowest BCUT2D eigenvalue weighted by Gasteiger charge is -2.44. The molecule has 0 spiro atoms. The first-order valence-electron chi connectivity index (χ1n) is 19.8. The molecule has 1 amide bonds. The number of ether oxygens (including phenoxy) is 6. The molecule has 12 heteroatoms. The van der Waals surface area contributed by atoms with Crippen LogP contribution >= 0.6 is 0 Å². The second-order valence-corrected chi connectivity index (χ2v) is 14.7. The Kier molecular flexibility index (Phi) is 13.3. The lowest BCUT2D eigenvalue weighted by molar-refractivity contribution is -0.300. The maximum Gasteiger partial charge on any atom is 0.412 e. The highest BCUT2D eigenvalue weighted by Gasteiger charge is 2.53. The number of aliphatic hydroxyl groups excluding tert-OH is 1. The van der Waals surface area contributed by atoms with Crippen molar-refractivity contribution in [1.82, 2.24) is 0 Å². The Morgan fingerprint density at radius 2 is 1.27 bits per heavy atom. The number of esters is 3. The van der Waals surface area contributed by atoms with Gasteiger partial charge in [-0.25, -0.2) is 9.59 Å². The minimum absolute atomic E-state index is 0.207. The minimum Gasteiger partial charge on any atom is -0.462 e. The van der Waals surface area contributed by atoms with E-state index in [-0.39, 0.29) is 17.9 Å². The first-order chi connectivity index (χ1) is 28.7. The molecule has 12 nitrogen and oxygen atoms in total. The van der Waals surface area contributed by atoms with Crippen LogP contribution < -0.4 is 5.32 Å². The van der Waals surface area contributed by atoms with E-state index in [9.17, 15) is 24.3 Å². The fourth-order valence-electron chi connectivity index (χ4n) is 7.60. The van der Waals surface area contributed by atoms with Crippen molar-refractivity contribution >= 4 is 51.2 Å². The average Bonchev–Trinajstić information content (AvgIpc) is 3.25. The minimum atomic E-state index is -1.46. The van der Waals surface area contributed by atoms with Gasteiger partial charge >= 0.3 is 24.0 Å². The topological polar surface area (TPSA) is 156 Å². The molecule has 0 saturated carbocycles. The molecule has 2 aliphatic heterocycles. The molecule has 1 saturated heterocycles. The number of fused-ring (bicyclic) bond motifs is 3. The Bertz CT molecular complexity index is 2310. The predicted molar refractivity (Wildman–Crippen MR) is 219 cm³/mol. The summed E-state index contributed by atoms with van der Waals surface area (Å²) in [4.78, 5) is 54.3. The van der Waals surface area contributed by atoms with Gasteiger partial charge in [-0.1, -0.05) is 97.1 Å². The number of allylic oxidation sites excluding steroid dienone is 2. The third kappa shape index (κ3) is 9.97. The van der Waals surface area contributed by atoms with Crippen molar-refractivity contribution in [2.45, 2.75) is 63.3 Å². The molecular weight excluding hydrogens is 755 g/mol. The van der Waals surface area contributed by atoms with Crippen molar-refractivity contribution in [1.29, 1.82) is 0 Å². The molecule has 0 unspecified atom stereocenters. The van der Waals surface area contributed by atoms with E-state index in [1.807, 2.05) is 97.1 Å². The number of aliphatic hydroxyl groups is 1. The van der Waals surface area contributed by atoms with Crippen molar-refractivity contribution in [2.24, 2.45) is 11.8 Å². The zero-order valence-electron chi connectivity index (χ0n) is 32.9. The third-order valence-corrected chi connectivity index (χ3v) is 10.7. The number of carbonyl (C=O) groups is 4. The van der Waals surface area contributed by atoms with Gasteiger partial charge in [-0.15, -0.1) is 0 Å². The summed E-state index contributed by atoms with van der Waals surface area (Å²) >= 11 is 0. The number of benzene rings is 5. The number of rotatable bonds is 10. The number of hydrogen-bond acceptors (Lipinski definition) is 11. The van der Waals surface area contributed by atoms with Crippen molar-refractivity contribution in [3.63, 3.8) is 0 Å². The molecule has 7 rings (SSSR count). The molecule has 1 fully saturated rings. The Hall–Kier alpha value is -6.08. The highest BCUT2D eigenvalue weighted by molar-refractivity contribution is 5.91. The van der Waals surface area contributed by atoms with E-state index in [1.165, 1.54) is 31.4 Å². The van der Waals surface area contributed by atoms with Gasteiger partial charge in [0.05, 0.1) is 30.6 Å². The van der Waals surface area contributed by atoms with Gasteiger partial charge in [0.1, 0.15) is 6.10 Å². The summed E-state index contributed by atoms with van der Waals surface area (Å²) in [7, 11) is 1.34. The lowest BCUT2D eigenvalue weighted by atomic mass is 9.91. The van der Waals surface area contributed by atoms with Crippen LogP contribution in [0.2, 0.25) is 0 Å². The zero-order chi connectivity index (χ0) is 41.3. The number of methoxy groups -OCH3 is 1. The van der Waals surface area contributed by atoms with E-state index >= 15 is 0 Å². The van der Waals surface area contributed by atoms with Crippen LogP contribution in [0.15, 0.2) is 121 Å². The number of amides is 1. The highest BCUT2D eigenvalue weighted by atomic mass is 16.7. The van der Waals surface area contributed by atoms with Gasteiger partial charge < -0.3 is 33.5 Å². The van der Waals surface area contributed by atoms with Gasteiger partial charge in [0, 0.05) is 12.8 Å². The molecular formula is C47H47NO11. The maximum atomic E-state index is 14.4. The maximum absolute atomic E-state index is 14.4. The second kappa shape index (κ2) is 19.1. The number of nitrogens with one attached hydrogen (secondary N) is 1. The molecule has 306 valence electrons. The third-order valence-electron chi connectivity index (χ3n) is 10.7. The Morgan fingerprint density at radius 3 is 1.80 bits per heavy atom. The fraction of sp³-hybridized carbons (Fsp3) is 0.319. The van der Waals surface area contributed by atoms with Gasteiger partial charge in [-0.3, -0.25) is 14.9 Å². The summed E-state index contributed by atoms with van der Waals surface area (Å²) in [6, 6.07) is 34.0. The summed E-state index contributed by atoms with van der Waals surface area (Å²) in [5, 5.41) is 17.3. The van der Waals surface area contributed by atoms with Gasteiger partial charge in [0.2, 0.25) is 0 Å². The SMILES string of the molecule is CCOC(=O)c1ccc(NC(=O)O[C@H]2[C@@H]3OC(=O)[C@@H](Cc4ccc5ccccc5c4)C/C=C/C[C@H](Cc4ccc5ccccc5c4)C(=O)O[C@H]3[C@@H](OC)O[C@@H]2CO)cc1. The molecule has 0 bridgehead atoms. The van der Waals surface area contributed by atoms with Crippen molar-refractivity contribution < 1.29 is 52.7 Å². The standard InChI is InChI=1S/C47H47NO11/c1-3-55-43(50)33-20-22-38(23-21-33)48-47(53)59-40-39(28-49)56-46(54-2)42-41(40)57-44(51)36(26-29-16-18-31-10-4-6-12-34(31)24-29)14-8-9-15-37(45(52)58-42)27-30-17-19-32-11-5-7-13-35(32)25-30/h4-13,16-25,36-37,39-42,46,49H,3,14-15,26-28H2,1-2H3,(H,48,53)/b9-8+/t36-,37-,39-,40-,41+,42-,46+/m1/s1. The monoisotopic (exact) mass is 801 g/mol. The molecule has 0 radical (unpaired) electrons. The van der Waals surface area contributed by atoms with Crippen LogP contribution in [0.1, 0.15) is 41.3 Å². The van der Waals surface area contributed by atoms with E-state index in [0.29, 0.717) is 25.7 Å². The van der Waals surface area contributed by atoms with E-state index in [1.54, 1.807) is 6.92 Å². The largest absolute Gasteiger partial charge is 0.462 e. The molecule has 7 atom stereocenters. The normalized spacial score (nSPS) is 24.1. The number of carbonyl (C=O) groups excluding carboxylic acids is 4. The summed E-state index contributed by atoms with van der Waals surface area (Å²) in [6.07, 6.45) is -2.76. The molecule has 2 heterocycles. The van der Waals surface area contributed by atoms with Crippen molar-refractivity contribution in [2.75, 3.05) is 25.6 Å². The van der Waals surface area contributed by atoms with Crippen molar-refractivity contribution in [3.05, 3.63) is 138 Å². The molecule has 5 aromatic carbocycles. The molecule has 0 aromatic heterocycles. The Balaban J connectivity index is 1.20. The van der Waals surface area contributed by atoms with Gasteiger partial charge in [0.25, 0.3) is 0 Å². The number of hydrogen-bond donors (Lipinski definition) is 2. The van der Waals surface area contributed by atoms with Crippen molar-refractivity contribution in [3.8, 4) is 0 Å². The Morgan fingerprint density at radius 1 is 0.729 bits per heavy atom. The number of anilines is 1. The first-order valence-corrected chi connectivity index (χ1v) is 19.8. The van der Waals surface area contributed by atoms with Crippen LogP contribution in [0.25, 0.3) is 21.5 Å². The molecule has 0 aliphatic carbocycles. The molecule has 2 N–H and O–H groups in total. The first kappa shape index (κ1) is 41.1. The fourth-order valence-corrected chi connectivity index (χ4v) is 7.60. The average molecular weight is 802 g/mol. The highest BCUT2D eigenvalue weighted by Crippen LogP contribution is 2.33. The van der Waals surface area contributed by atoms with Gasteiger partial charge in [-0.2, -0.15) is 0 Å². The quantitative estimate of drug-likeness (QED) is 0.0828. The summed E-state index contributed by atoms with van der Waals surface area (Å²) in [5.41, 5.74) is 2.42. The van der Waals surface area contributed by atoms with E-state index in [0.717, 1.165) is 32.7 Å². The van der Waals surface area contributed by atoms with Crippen LogP contribution in [-0.2, 0) is 50.9 Å². The summed E-state index contributed by atoms with van der Waals surface area (Å²) in [5.74, 6) is -3.08. The summed E-state index contributed by atoms with van der Waals surface area (Å²) < 4.78 is 35.1. The molecule has 2 aliphatic rings. The molecule has 5 aromatic rings. The van der Waals surface area contributed by atoms with E-state index in [2.05, 4.69) is 5.32 Å². The summed E-state index contributed by atoms with van der Waals surface area (Å²) in [6.45, 7) is 1.25. The molecule has 59 heavy (non-hydrogen) atoms. The predicted octanol–water partition coefficient (Wildman–Crippen LogP) is 7.34. The van der Waals surface area contributed by atoms with Crippen LogP contribution in [0, 0.1) is 11.8 Å². The second-order valence-electron chi connectivity index (χ2n) is 14.7.